The van der Waals surface area contributed by atoms with Gasteiger partial charge in [-0.25, -0.2) is 4.39 Å². The van der Waals surface area contributed by atoms with Crippen LogP contribution >= 0.6 is 0 Å². The third kappa shape index (κ3) is 4.74. The van der Waals surface area contributed by atoms with Crippen molar-refractivity contribution in [1.82, 2.24) is 9.80 Å². The largest absolute Gasteiger partial charge is 0.322 e. The molecule has 1 aliphatic rings. The fourth-order valence-corrected chi connectivity index (χ4v) is 2.84. The second kappa shape index (κ2) is 8.21. The molecule has 0 atom stereocenters. The van der Waals surface area contributed by atoms with Gasteiger partial charge in [-0.3, -0.25) is 14.5 Å². The van der Waals surface area contributed by atoms with E-state index in [0.717, 1.165) is 26.2 Å². The predicted molar refractivity (Wildman–Crippen MR) is 99.1 cm³/mol. The molecule has 0 spiro atoms. The summed E-state index contributed by atoms with van der Waals surface area (Å²) in [5.74, 6) is -0.628. The highest BCUT2D eigenvalue weighted by Crippen LogP contribution is 2.13. The van der Waals surface area contributed by atoms with Gasteiger partial charge in [-0.05, 0) is 55.6 Å². The number of amides is 1. The molecule has 0 radical (unpaired) electrons. The summed E-state index contributed by atoms with van der Waals surface area (Å²) in [4.78, 5) is 28.9. The van der Waals surface area contributed by atoms with E-state index in [1.165, 1.54) is 24.3 Å². The monoisotopic (exact) mass is 355 g/mol. The van der Waals surface area contributed by atoms with Crippen LogP contribution in [0.2, 0.25) is 0 Å². The van der Waals surface area contributed by atoms with Crippen LogP contribution in [0.25, 0.3) is 0 Å². The van der Waals surface area contributed by atoms with Crippen LogP contribution in [0, 0.1) is 5.82 Å². The fraction of sp³-hybridized carbons (Fsp3) is 0.300. The Morgan fingerprint density at radius 2 is 1.50 bits per heavy atom. The molecule has 1 N–H and O–H groups in total. The van der Waals surface area contributed by atoms with Crippen LogP contribution in [0.3, 0.4) is 0 Å². The maximum Gasteiger partial charge on any atom is 0.255 e. The molecule has 1 amide bonds. The van der Waals surface area contributed by atoms with Crippen LogP contribution in [-0.2, 0) is 0 Å². The molecule has 2 aromatic carbocycles. The number of carbonyl (C=O) groups is 2. The molecule has 0 unspecified atom stereocenters. The molecule has 6 heteroatoms. The first-order chi connectivity index (χ1) is 12.5. The first-order valence-corrected chi connectivity index (χ1v) is 8.62. The van der Waals surface area contributed by atoms with Crippen molar-refractivity contribution in [2.45, 2.75) is 0 Å². The van der Waals surface area contributed by atoms with Gasteiger partial charge in [0.2, 0.25) is 0 Å². The third-order valence-corrected chi connectivity index (χ3v) is 4.53. The molecule has 5 nitrogen and oxygen atoms in total. The SMILES string of the molecule is CN1CCN(CC(=O)c2ccc(NC(=O)c3ccc(F)cc3)cc2)CC1. The molecule has 3 rings (SSSR count). The van der Waals surface area contributed by atoms with Crippen LogP contribution in [0.4, 0.5) is 10.1 Å². The Bertz CT molecular complexity index is 767. The number of benzene rings is 2. The molecule has 136 valence electrons. The fourth-order valence-electron chi connectivity index (χ4n) is 2.84. The van der Waals surface area contributed by atoms with Crippen LogP contribution < -0.4 is 5.32 Å². The normalized spacial score (nSPS) is 15.6. The molecular formula is C20H22FN3O2. The van der Waals surface area contributed by atoms with Gasteiger partial charge in [-0.15, -0.1) is 0 Å². The highest BCUT2D eigenvalue weighted by atomic mass is 19.1. The number of anilines is 1. The van der Waals surface area contributed by atoms with Gasteiger partial charge >= 0.3 is 0 Å². The lowest BCUT2D eigenvalue weighted by Crippen LogP contribution is -2.46. The second-order valence-corrected chi connectivity index (χ2v) is 6.54. The van der Waals surface area contributed by atoms with Crippen molar-refractivity contribution in [3.63, 3.8) is 0 Å². The maximum atomic E-state index is 12.9. The Morgan fingerprint density at radius 1 is 0.923 bits per heavy atom. The number of nitrogens with one attached hydrogen (secondary N) is 1. The molecule has 1 fully saturated rings. The zero-order valence-electron chi connectivity index (χ0n) is 14.7. The number of likely N-dealkylation sites (N-methyl/N-ethyl adjacent to an activating group) is 1. The van der Waals surface area contributed by atoms with Crippen molar-refractivity contribution in [3.05, 3.63) is 65.5 Å². The van der Waals surface area contributed by atoms with Gasteiger partial charge in [0, 0.05) is 43.0 Å². The summed E-state index contributed by atoms with van der Waals surface area (Å²) in [6.45, 7) is 4.15. The average molecular weight is 355 g/mol. The quantitative estimate of drug-likeness (QED) is 0.838. The third-order valence-electron chi connectivity index (χ3n) is 4.53. The smallest absolute Gasteiger partial charge is 0.255 e. The van der Waals surface area contributed by atoms with Crippen molar-refractivity contribution in [2.24, 2.45) is 0 Å². The van der Waals surface area contributed by atoms with Crippen LogP contribution in [0.15, 0.2) is 48.5 Å². The summed E-state index contributed by atoms with van der Waals surface area (Å²) in [5.41, 5.74) is 1.60. The topological polar surface area (TPSA) is 52.6 Å². The van der Waals surface area contributed by atoms with E-state index in [2.05, 4.69) is 22.2 Å². The van der Waals surface area contributed by atoms with Crippen molar-refractivity contribution in [1.29, 1.82) is 0 Å². The van der Waals surface area contributed by atoms with E-state index >= 15 is 0 Å². The number of piperazine rings is 1. The van der Waals surface area contributed by atoms with E-state index in [1.807, 2.05) is 0 Å². The number of hydrogen-bond donors (Lipinski definition) is 1. The van der Waals surface area contributed by atoms with Crippen molar-refractivity contribution in [2.75, 3.05) is 45.1 Å². The van der Waals surface area contributed by atoms with Gasteiger partial charge in [0.1, 0.15) is 5.82 Å². The van der Waals surface area contributed by atoms with Gasteiger partial charge in [-0.2, -0.15) is 0 Å². The highest BCUT2D eigenvalue weighted by Gasteiger charge is 2.17. The standard InChI is InChI=1S/C20H22FN3O2/c1-23-10-12-24(13-11-23)14-19(25)15-4-8-18(9-5-15)22-20(26)16-2-6-17(21)7-3-16/h2-9H,10-14H2,1H3,(H,22,26). The Labute approximate surface area is 152 Å². The van der Waals surface area contributed by atoms with Gasteiger partial charge in [0.05, 0.1) is 6.54 Å². The minimum atomic E-state index is -0.384. The van der Waals surface area contributed by atoms with E-state index < -0.39 is 0 Å². The zero-order valence-corrected chi connectivity index (χ0v) is 14.7. The molecule has 0 aliphatic carbocycles. The van der Waals surface area contributed by atoms with Crippen LogP contribution in [0.1, 0.15) is 20.7 Å². The molecule has 0 saturated carbocycles. The van der Waals surface area contributed by atoms with Crippen molar-refractivity contribution < 1.29 is 14.0 Å². The summed E-state index contributed by atoms with van der Waals surface area (Å²) < 4.78 is 12.9. The number of halogens is 1. The summed E-state index contributed by atoms with van der Waals surface area (Å²) in [7, 11) is 2.08. The van der Waals surface area contributed by atoms with E-state index in [4.69, 9.17) is 0 Å². The average Bonchev–Trinajstić information content (AvgIpc) is 2.64. The minimum Gasteiger partial charge on any atom is -0.322 e. The number of hydrogen-bond acceptors (Lipinski definition) is 4. The number of rotatable bonds is 5. The lowest BCUT2D eigenvalue weighted by Gasteiger charge is -2.31. The molecule has 1 aliphatic heterocycles. The van der Waals surface area contributed by atoms with E-state index in [1.54, 1.807) is 24.3 Å². The lowest BCUT2D eigenvalue weighted by molar-refractivity contribution is 0.0876. The Hall–Kier alpha value is -2.57. The summed E-state index contributed by atoms with van der Waals surface area (Å²) in [5, 5.41) is 2.74. The number of carbonyl (C=O) groups excluding carboxylic acids is 2. The van der Waals surface area contributed by atoms with Gasteiger partial charge in [0.15, 0.2) is 5.78 Å². The van der Waals surface area contributed by atoms with Crippen molar-refractivity contribution >= 4 is 17.4 Å². The van der Waals surface area contributed by atoms with Gasteiger partial charge in [0.25, 0.3) is 5.91 Å². The first-order valence-electron chi connectivity index (χ1n) is 8.62. The second-order valence-electron chi connectivity index (χ2n) is 6.54. The number of ketones is 1. The van der Waals surface area contributed by atoms with E-state index in [9.17, 15) is 14.0 Å². The molecular weight excluding hydrogens is 333 g/mol. The molecule has 1 heterocycles. The Balaban J connectivity index is 1.56. The Kier molecular flexibility index (Phi) is 5.75. The van der Waals surface area contributed by atoms with Gasteiger partial charge < -0.3 is 10.2 Å². The molecule has 0 aromatic heterocycles. The molecule has 1 saturated heterocycles. The zero-order chi connectivity index (χ0) is 18.5. The Morgan fingerprint density at radius 3 is 2.12 bits per heavy atom. The van der Waals surface area contributed by atoms with Crippen LogP contribution in [-0.4, -0.2) is 61.3 Å². The number of nitrogens with zero attached hydrogens (tertiary/aromatic N) is 2. The lowest BCUT2D eigenvalue weighted by atomic mass is 10.1. The summed E-state index contributed by atoms with van der Waals surface area (Å²) in [6.07, 6.45) is 0. The minimum absolute atomic E-state index is 0.0750. The summed E-state index contributed by atoms with van der Waals surface area (Å²) in [6, 6.07) is 12.2. The summed E-state index contributed by atoms with van der Waals surface area (Å²) >= 11 is 0. The first kappa shape index (κ1) is 18.2. The molecule has 2 aromatic rings. The van der Waals surface area contributed by atoms with E-state index in [0.29, 0.717) is 23.4 Å². The van der Waals surface area contributed by atoms with E-state index in [-0.39, 0.29) is 17.5 Å². The van der Waals surface area contributed by atoms with Gasteiger partial charge in [-0.1, -0.05) is 0 Å². The highest BCUT2D eigenvalue weighted by molar-refractivity contribution is 6.04. The molecule has 0 bridgehead atoms. The van der Waals surface area contributed by atoms with Crippen molar-refractivity contribution in [3.8, 4) is 0 Å². The number of Topliss-reactive ketones (excluding diaryl/α,β-unsaturated/α-hetero) is 1. The maximum absolute atomic E-state index is 12.9. The predicted octanol–water partition coefficient (Wildman–Crippen LogP) is 2.51. The van der Waals surface area contributed by atoms with Crippen LogP contribution in [0.5, 0.6) is 0 Å². The molecule has 26 heavy (non-hydrogen) atoms.